The van der Waals surface area contributed by atoms with Gasteiger partial charge in [0.15, 0.2) is 0 Å². The van der Waals surface area contributed by atoms with Crippen LogP contribution >= 0.6 is 11.3 Å². The zero-order valence-corrected chi connectivity index (χ0v) is 13.8. The molecule has 0 saturated carbocycles. The fraction of sp³-hybridized carbons (Fsp3) is 0.588. The number of fused-ring (bicyclic) bond motifs is 1. The number of nitrogens with one attached hydrogen (secondary N) is 1. The maximum atomic E-state index is 6.15. The molecule has 0 radical (unpaired) electrons. The second-order valence-corrected chi connectivity index (χ2v) is 6.51. The Bertz CT molecular complexity index is 536. The Kier molecular flexibility index (Phi) is 6.80. The lowest BCUT2D eigenvalue weighted by Gasteiger charge is -2.09. The molecule has 2 rings (SSSR count). The summed E-state index contributed by atoms with van der Waals surface area (Å²) >= 11 is 1.63. The molecule has 0 unspecified atom stereocenters. The Hall–Kier alpha value is -1.29. The minimum Gasteiger partial charge on any atom is -0.395 e. The summed E-state index contributed by atoms with van der Waals surface area (Å²) in [4.78, 5) is 4.33. The highest BCUT2D eigenvalue weighted by Crippen LogP contribution is 2.29. The molecule has 21 heavy (non-hydrogen) atoms. The van der Waals surface area contributed by atoms with Crippen LogP contribution in [0, 0.1) is 0 Å². The van der Waals surface area contributed by atoms with E-state index in [0.29, 0.717) is 0 Å². The summed E-state index contributed by atoms with van der Waals surface area (Å²) in [6.45, 7) is 3.26. The van der Waals surface area contributed by atoms with Crippen LogP contribution in [-0.4, -0.2) is 11.5 Å². The van der Waals surface area contributed by atoms with E-state index in [9.17, 15) is 0 Å². The normalized spacial score (nSPS) is 11.1. The second-order valence-electron chi connectivity index (χ2n) is 5.63. The van der Waals surface area contributed by atoms with Gasteiger partial charge in [-0.25, -0.2) is 4.98 Å². The first-order chi connectivity index (χ1) is 10.3. The zero-order valence-electron chi connectivity index (χ0n) is 13.0. The third-order valence-corrected chi connectivity index (χ3v) is 4.68. The van der Waals surface area contributed by atoms with Crippen molar-refractivity contribution in [3.63, 3.8) is 0 Å². The van der Waals surface area contributed by atoms with Crippen molar-refractivity contribution < 1.29 is 0 Å². The van der Waals surface area contributed by atoms with Gasteiger partial charge in [-0.1, -0.05) is 51.9 Å². The van der Waals surface area contributed by atoms with Crippen LogP contribution in [0.1, 0.15) is 58.3 Å². The Morgan fingerprint density at radius 2 is 1.76 bits per heavy atom. The molecule has 1 aromatic heterocycles. The van der Waals surface area contributed by atoms with Gasteiger partial charge in [0, 0.05) is 6.54 Å². The number of unbranched alkanes of at least 4 members (excludes halogenated alkanes) is 7. The summed E-state index contributed by atoms with van der Waals surface area (Å²) in [5.74, 6) is 0. The zero-order chi connectivity index (χ0) is 14.9. The summed E-state index contributed by atoms with van der Waals surface area (Å²) in [5, 5.41) is 3.45. The third kappa shape index (κ3) is 4.88. The van der Waals surface area contributed by atoms with Crippen LogP contribution in [-0.2, 0) is 0 Å². The molecule has 0 fully saturated rings. The van der Waals surface area contributed by atoms with Crippen molar-refractivity contribution in [2.24, 2.45) is 0 Å². The van der Waals surface area contributed by atoms with Crippen molar-refractivity contribution in [1.29, 1.82) is 0 Å². The molecule has 0 atom stereocenters. The van der Waals surface area contributed by atoms with E-state index in [1.165, 1.54) is 51.4 Å². The first kappa shape index (κ1) is 16.1. The van der Waals surface area contributed by atoms with Gasteiger partial charge in [0.25, 0.3) is 0 Å². The van der Waals surface area contributed by atoms with E-state index in [1.54, 1.807) is 11.3 Å². The highest BCUT2D eigenvalue weighted by Gasteiger charge is 2.05. The minimum absolute atomic E-state index is 0.785. The van der Waals surface area contributed by atoms with Gasteiger partial charge in [-0.15, -0.1) is 11.3 Å². The maximum Gasteiger partial charge on any atom is 0.106 e. The largest absolute Gasteiger partial charge is 0.395 e. The number of nitrogen functional groups attached to an aromatic ring is 1. The molecule has 0 saturated heterocycles. The number of hydrogen-bond donors (Lipinski definition) is 2. The molecule has 0 spiro atoms. The Morgan fingerprint density at radius 1 is 1.05 bits per heavy atom. The lowest BCUT2D eigenvalue weighted by Crippen LogP contribution is -2.04. The number of aromatic nitrogens is 1. The quantitative estimate of drug-likeness (QED) is 0.454. The molecule has 116 valence electrons. The molecule has 3 N–H and O–H groups in total. The number of anilines is 2. The Morgan fingerprint density at radius 3 is 2.52 bits per heavy atom. The van der Waals surface area contributed by atoms with Gasteiger partial charge in [-0.3, -0.25) is 0 Å². The van der Waals surface area contributed by atoms with Crippen molar-refractivity contribution in [2.75, 3.05) is 17.6 Å². The maximum absolute atomic E-state index is 6.15. The molecule has 4 heteroatoms. The molecule has 0 aliphatic carbocycles. The fourth-order valence-corrected chi connectivity index (χ4v) is 3.28. The summed E-state index contributed by atoms with van der Waals surface area (Å²) in [5.41, 5.74) is 10.7. The van der Waals surface area contributed by atoms with Crippen LogP contribution in [0.2, 0.25) is 0 Å². The molecule has 2 aromatic rings. The first-order valence-corrected chi connectivity index (χ1v) is 9.06. The van der Waals surface area contributed by atoms with E-state index in [1.807, 2.05) is 5.51 Å². The van der Waals surface area contributed by atoms with Crippen LogP contribution in [0.4, 0.5) is 11.4 Å². The van der Waals surface area contributed by atoms with Crippen molar-refractivity contribution >= 4 is 32.9 Å². The minimum atomic E-state index is 0.785. The van der Waals surface area contributed by atoms with Crippen LogP contribution in [0.3, 0.4) is 0 Å². The smallest absolute Gasteiger partial charge is 0.106 e. The number of thiazole rings is 1. The predicted molar refractivity (Wildman–Crippen MR) is 95.1 cm³/mol. The van der Waals surface area contributed by atoms with Gasteiger partial charge in [-0.2, -0.15) is 0 Å². The van der Waals surface area contributed by atoms with E-state index in [2.05, 4.69) is 29.4 Å². The van der Waals surface area contributed by atoms with Gasteiger partial charge in [0.1, 0.15) is 5.52 Å². The summed E-state index contributed by atoms with van der Waals surface area (Å²) in [6.07, 6.45) is 10.8. The molecule has 1 heterocycles. The molecule has 3 nitrogen and oxygen atoms in total. The number of rotatable bonds is 10. The monoisotopic (exact) mass is 305 g/mol. The van der Waals surface area contributed by atoms with Crippen LogP contribution in [0.5, 0.6) is 0 Å². The molecule has 0 amide bonds. The highest BCUT2D eigenvalue weighted by atomic mass is 32.1. The molecular weight excluding hydrogens is 278 g/mol. The predicted octanol–water partition coefficient (Wildman–Crippen LogP) is 5.43. The average molecular weight is 305 g/mol. The standard InChI is InChI=1S/C17H27N3S/c1-2-3-4-5-6-7-8-9-12-19-14-10-11-15-17(16(14)18)20-13-21-15/h10-11,13,19H,2-9,12,18H2,1H3. The number of nitrogens with two attached hydrogens (primary N) is 1. The van der Waals surface area contributed by atoms with Crippen LogP contribution in [0.15, 0.2) is 17.6 Å². The first-order valence-electron chi connectivity index (χ1n) is 8.18. The van der Waals surface area contributed by atoms with E-state index in [-0.39, 0.29) is 0 Å². The number of nitrogens with zero attached hydrogens (tertiary/aromatic N) is 1. The molecule has 1 aromatic carbocycles. The van der Waals surface area contributed by atoms with Crippen LogP contribution < -0.4 is 11.1 Å². The Balaban J connectivity index is 1.63. The molecule has 0 aliphatic heterocycles. The third-order valence-electron chi connectivity index (χ3n) is 3.89. The van der Waals surface area contributed by atoms with E-state index in [0.717, 1.165) is 28.1 Å². The van der Waals surface area contributed by atoms with Gasteiger partial charge in [-0.05, 0) is 18.6 Å². The lowest BCUT2D eigenvalue weighted by molar-refractivity contribution is 0.581. The average Bonchev–Trinajstić information content (AvgIpc) is 2.97. The highest BCUT2D eigenvalue weighted by molar-refractivity contribution is 7.16. The molecule has 0 aliphatic rings. The SMILES string of the molecule is CCCCCCCCCCNc1ccc2scnc2c1N. The topological polar surface area (TPSA) is 50.9 Å². The van der Waals surface area contributed by atoms with Crippen LogP contribution in [0.25, 0.3) is 10.2 Å². The lowest BCUT2D eigenvalue weighted by atomic mass is 10.1. The van der Waals surface area contributed by atoms with Gasteiger partial charge < -0.3 is 11.1 Å². The van der Waals surface area contributed by atoms with Gasteiger partial charge >= 0.3 is 0 Å². The fourth-order valence-electron chi connectivity index (χ4n) is 2.59. The molecule has 0 bridgehead atoms. The summed E-state index contributed by atoms with van der Waals surface area (Å²) in [6, 6.07) is 4.17. The number of hydrogen-bond acceptors (Lipinski definition) is 4. The Labute approximate surface area is 132 Å². The van der Waals surface area contributed by atoms with Gasteiger partial charge in [0.2, 0.25) is 0 Å². The van der Waals surface area contributed by atoms with E-state index in [4.69, 9.17) is 5.73 Å². The number of benzene rings is 1. The second kappa shape index (κ2) is 8.88. The summed E-state index contributed by atoms with van der Waals surface area (Å²) in [7, 11) is 0. The molecular formula is C17H27N3S. The van der Waals surface area contributed by atoms with Crippen molar-refractivity contribution in [3.8, 4) is 0 Å². The van der Waals surface area contributed by atoms with Crippen molar-refractivity contribution in [3.05, 3.63) is 17.6 Å². The van der Waals surface area contributed by atoms with E-state index < -0.39 is 0 Å². The van der Waals surface area contributed by atoms with E-state index >= 15 is 0 Å². The summed E-state index contributed by atoms with van der Waals surface area (Å²) < 4.78 is 1.16. The van der Waals surface area contributed by atoms with Crippen molar-refractivity contribution in [1.82, 2.24) is 4.98 Å². The van der Waals surface area contributed by atoms with Crippen molar-refractivity contribution in [2.45, 2.75) is 58.3 Å². The van der Waals surface area contributed by atoms with Gasteiger partial charge in [0.05, 0.1) is 21.6 Å².